The highest BCUT2D eigenvalue weighted by Gasteiger charge is 2.20. The average molecular weight is 574 g/mol. The van der Waals surface area contributed by atoms with E-state index < -0.39 is 0 Å². The summed E-state index contributed by atoms with van der Waals surface area (Å²) >= 11 is 1.51. The largest absolute Gasteiger partial charge is 0.497 e. The van der Waals surface area contributed by atoms with Crippen LogP contribution in [0.15, 0.2) is 70.6 Å². The van der Waals surface area contributed by atoms with E-state index in [2.05, 4.69) is 50.4 Å². The zero-order valence-corrected chi connectivity index (χ0v) is 24.7. The molecule has 0 unspecified atom stereocenters. The molecule has 9 heteroatoms. The van der Waals surface area contributed by atoms with Crippen LogP contribution < -0.4 is 25.1 Å². The molecule has 3 aromatic carbocycles. The second kappa shape index (κ2) is 12.3. The number of carbonyl (C=O) groups is 1. The van der Waals surface area contributed by atoms with Gasteiger partial charge in [0.25, 0.3) is 5.56 Å². The number of hydrogen-bond donors (Lipinski definition) is 1. The molecule has 1 aliphatic rings. The number of amides is 1. The lowest BCUT2D eigenvalue weighted by molar-refractivity contribution is -0.121. The third-order valence-corrected chi connectivity index (χ3v) is 8.08. The standard InChI is InChI=1S/C32H35N3O5S/c1-32(2,3)23-11-7-22(8-12-23)19-41-31-34-26-17-28-27(39-20-40-28)16-25(26)30(37)35(31)15-5-6-29(36)33-18-21-9-13-24(38-4)14-10-21/h7-14,16-17H,5-6,15,18-20H2,1-4H3,(H,33,36). The van der Waals surface area contributed by atoms with E-state index in [9.17, 15) is 9.59 Å². The molecule has 1 aliphatic heterocycles. The van der Waals surface area contributed by atoms with E-state index in [4.69, 9.17) is 19.2 Å². The Morgan fingerprint density at radius 3 is 2.39 bits per heavy atom. The summed E-state index contributed by atoms with van der Waals surface area (Å²) in [6, 6.07) is 19.6. The van der Waals surface area contributed by atoms with Gasteiger partial charge in [-0.15, -0.1) is 0 Å². The summed E-state index contributed by atoms with van der Waals surface area (Å²) in [5.41, 5.74) is 3.90. The van der Waals surface area contributed by atoms with Crippen molar-refractivity contribution in [2.75, 3.05) is 13.9 Å². The van der Waals surface area contributed by atoms with Gasteiger partial charge in [-0.1, -0.05) is 68.9 Å². The van der Waals surface area contributed by atoms with E-state index in [0.717, 1.165) is 16.9 Å². The molecule has 1 N–H and O–H groups in total. The molecule has 4 aromatic rings. The second-order valence-corrected chi connectivity index (χ2v) is 12.0. The van der Waals surface area contributed by atoms with Gasteiger partial charge in [0.15, 0.2) is 16.7 Å². The number of benzene rings is 3. The molecule has 0 atom stereocenters. The minimum atomic E-state index is -0.155. The van der Waals surface area contributed by atoms with Crippen molar-refractivity contribution in [2.24, 2.45) is 0 Å². The van der Waals surface area contributed by atoms with E-state index >= 15 is 0 Å². The van der Waals surface area contributed by atoms with E-state index in [1.165, 1.54) is 17.3 Å². The summed E-state index contributed by atoms with van der Waals surface area (Å²) in [5, 5.41) is 4.03. The van der Waals surface area contributed by atoms with Gasteiger partial charge in [0.1, 0.15) is 5.75 Å². The fourth-order valence-corrected chi connectivity index (χ4v) is 5.56. The lowest BCUT2D eigenvalue weighted by Gasteiger charge is -2.19. The second-order valence-electron chi connectivity index (χ2n) is 11.0. The van der Waals surface area contributed by atoms with Gasteiger partial charge in [-0.05, 0) is 46.7 Å². The van der Waals surface area contributed by atoms with Crippen molar-refractivity contribution in [3.8, 4) is 17.2 Å². The first-order chi connectivity index (χ1) is 19.7. The first kappa shape index (κ1) is 28.5. The molecule has 0 radical (unpaired) electrons. The van der Waals surface area contributed by atoms with Crippen molar-refractivity contribution in [1.29, 1.82) is 0 Å². The summed E-state index contributed by atoms with van der Waals surface area (Å²) in [5.74, 6) is 2.49. The van der Waals surface area contributed by atoms with Gasteiger partial charge in [-0.25, -0.2) is 4.98 Å². The third kappa shape index (κ3) is 6.85. The zero-order chi connectivity index (χ0) is 29.0. The molecule has 0 saturated carbocycles. The number of nitrogens with zero attached hydrogens (tertiary/aromatic N) is 2. The maximum Gasteiger partial charge on any atom is 0.262 e. The molecule has 8 nitrogen and oxygen atoms in total. The molecule has 214 valence electrons. The minimum absolute atomic E-state index is 0.0703. The molecular formula is C32H35N3O5S. The van der Waals surface area contributed by atoms with Crippen LogP contribution in [0.3, 0.4) is 0 Å². The number of carbonyl (C=O) groups excluding carboxylic acids is 1. The highest BCUT2D eigenvalue weighted by atomic mass is 32.2. The Bertz CT molecular complexity index is 1590. The summed E-state index contributed by atoms with van der Waals surface area (Å²) in [6.07, 6.45) is 0.792. The Kier molecular flexibility index (Phi) is 8.54. The first-order valence-corrected chi connectivity index (χ1v) is 14.7. The average Bonchev–Trinajstić information content (AvgIpc) is 3.43. The Balaban J connectivity index is 1.30. The fraction of sp³-hybridized carbons (Fsp3) is 0.344. The number of fused-ring (bicyclic) bond motifs is 2. The van der Waals surface area contributed by atoms with Crippen LogP contribution in [0.1, 0.15) is 50.3 Å². The van der Waals surface area contributed by atoms with Gasteiger partial charge in [0.2, 0.25) is 12.7 Å². The molecule has 2 heterocycles. The first-order valence-electron chi connectivity index (χ1n) is 13.7. The number of rotatable bonds is 10. The molecule has 0 bridgehead atoms. The number of aromatic nitrogens is 2. The van der Waals surface area contributed by atoms with Crippen LogP contribution in [0.25, 0.3) is 10.9 Å². The van der Waals surface area contributed by atoms with E-state index in [1.54, 1.807) is 23.8 Å². The molecule has 41 heavy (non-hydrogen) atoms. The van der Waals surface area contributed by atoms with E-state index in [0.29, 0.717) is 59.2 Å². The number of thioether (sulfide) groups is 1. The number of methoxy groups -OCH3 is 1. The van der Waals surface area contributed by atoms with Crippen LogP contribution in [0.2, 0.25) is 0 Å². The van der Waals surface area contributed by atoms with Gasteiger partial charge in [-0.2, -0.15) is 0 Å². The summed E-state index contributed by atoms with van der Waals surface area (Å²) < 4.78 is 17.9. The molecule has 0 saturated heterocycles. The fourth-order valence-electron chi connectivity index (χ4n) is 4.58. The van der Waals surface area contributed by atoms with Crippen molar-refractivity contribution in [3.05, 3.63) is 87.7 Å². The number of hydrogen-bond acceptors (Lipinski definition) is 7. The van der Waals surface area contributed by atoms with E-state index in [-0.39, 0.29) is 23.7 Å². The molecule has 0 aliphatic carbocycles. The highest BCUT2D eigenvalue weighted by Crippen LogP contribution is 2.35. The monoisotopic (exact) mass is 573 g/mol. The topological polar surface area (TPSA) is 91.7 Å². The van der Waals surface area contributed by atoms with Gasteiger partial charge in [-0.3, -0.25) is 14.2 Å². The maximum absolute atomic E-state index is 13.7. The van der Waals surface area contributed by atoms with Gasteiger partial charge >= 0.3 is 0 Å². The Morgan fingerprint density at radius 1 is 1.02 bits per heavy atom. The lowest BCUT2D eigenvalue weighted by atomic mass is 9.87. The predicted octanol–water partition coefficient (Wildman–Crippen LogP) is 5.82. The van der Waals surface area contributed by atoms with Crippen LogP contribution in [-0.4, -0.2) is 29.4 Å². The molecular weight excluding hydrogens is 538 g/mol. The number of nitrogens with one attached hydrogen (secondary N) is 1. The van der Waals surface area contributed by atoms with Crippen LogP contribution in [-0.2, 0) is 29.1 Å². The van der Waals surface area contributed by atoms with Crippen molar-refractivity contribution in [1.82, 2.24) is 14.9 Å². The quantitative estimate of drug-likeness (QED) is 0.189. The third-order valence-electron chi connectivity index (χ3n) is 7.04. The molecule has 1 amide bonds. The Hall–Kier alpha value is -3.98. The summed E-state index contributed by atoms with van der Waals surface area (Å²) in [7, 11) is 1.62. The summed E-state index contributed by atoms with van der Waals surface area (Å²) in [4.78, 5) is 31.1. The predicted molar refractivity (Wildman–Crippen MR) is 161 cm³/mol. The van der Waals surface area contributed by atoms with Gasteiger partial charge < -0.3 is 19.5 Å². The molecule has 5 rings (SSSR count). The highest BCUT2D eigenvalue weighted by molar-refractivity contribution is 7.98. The van der Waals surface area contributed by atoms with Crippen LogP contribution >= 0.6 is 11.8 Å². The van der Waals surface area contributed by atoms with Crippen molar-refractivity contribution in [2.45, 2.75) is 63.0 Å². The summed E-state index contributed by atoms with van der Waals surface area (Å²) in [6.45, 7) is 7.51. The Labute approximate surface area is 244 Å². The normalized spacial score (nSPS) is 12.5. The van der Waals surface area contributed by atoms with Crippen LogP contribution in [0.4, 0.5) is 0 Å². The Morgan fingerprint density at radius 2 is 1.71 bits per heavy atom. The van der Waals surface area contributed by atoms with Crippen molar-refractivity contribution in [3.63, 3.8) is 0 Å². The van der Waals surface area contributed by atoms with Crippen molar-refractivity contribution >= 4 is 28.6 Å². The molecule has 0 spiro atoms. The molecule has 0 fully saturated rings. The SMILES string of the molecule is COc1ccc(CNC(=O)CCCn2c(SCc3ccc(C(C)(C)C)cc3)nc3cc4c(cc3c2=O)OCO4)cc1. The van der Waals surface area contributed by atoms with E-state index in [1.807, 2.05) is 24.3 Å². The van der Waals surface area contributed by atoms with Gasteiger partial charge in [0.05, 0.1) is 18.0 Å². The van der Waals surface area contributed by atoms with Gasteiger partial charge in [0, 0.05) is 31.3 Å². The lowest BCUT2D eigenvalue weighted by Crippen LogP contribution is -2.26. The zero-order valence-electron chi connectivity index (χ0n) is 23.9. The van der Waals surface area contributed by atoms with Crippen LogP contribution in [0.5, 0.6) is 17.2 Å². The molecule has 1 aromatic heterocycles. The minimum Gasteiger partial charge on any atom is -0.497 e. The smallest absolute Gasteiger partial charge is 0.262 e. The number of ether oxygens (including phenoxy) is 3. The van der Waals surface area contributed by atoms with Crippen LogP contribution in [0, 0.1) is 0 Å². The van der Waals surface area contributed by atoms with Crippen molar-refractivity contribution < 1.29 is 19.0 Å². The maximum atomic E-state index is 13.7.